The standard InChI is InChI=1S/C38H24.C24H15Br.C14H11BO2/c1-3-15-27-25(12-1)14-11-23-31(27)37-32-19-7-9-21-34(32)38(35-22-10-8-20-33(35)37)36-24-26-13-2-4-16-28(26)29-17-5-6-18-30(29)36;25-24-21-13-5-3-11-19(21)23(20-12-4-6-14-22(20)24)18-15-7-9-16-8-1-2-10-17(16)18;16-15(17)14-9-10-5-1-2-6-11(10)12-7-3-4-8-13(12)14/h1-24H;1-15H;1-9,16-17H/i7D,8D,9D,10D,19D,20D,21D,22D;3D,4D,5D,6D,11D,12D,13D,14D;. The van der Waals surface area contributed by atoms with Gasteiger partial charge in [-0.2, -0.15) is 0 Å². The van der Waals surface area contributed by atoms with Gasteiger partial charge in [-0.25, -0.2) is 0 Å². The average molecular weight is 1100 g/mol. The third-order valence-electron chi connectivity index (χ3n) is 14.9. The lowest BCUT2D eigenvalue weighted by Gasteiger charge is -2.20. The molecule has 0 amide bonds. The smallest absolute Gasteiger partial charge is 0.423 e. The molecule has 2 nitrogen and oxygen atoms in total. The second kappa shape index (κ2) is 20.8. The second-order valence-corrected chi connectivity index (χ2v) is 20.1. The molecule has 16 aromatic rings. The molecule has 0 aliphatic heterocycles. The Kier molecular flexibility index (Phi) is 8.94. The highest BCUT2D eigenvalue weighted by molar-refractivity contribution is 9.10. The summed E-state index contributed by atoms with van der Waals surface area (Å²) in [6.45, 7) is 0. The third kappa shape index (κ3) is 8.45. The Bertz CT molecular complexity index is 5890. The van der Waals surface area contributed by atoms with Gasteiger partial charge in [0.1, 0.15) is 0 Å². The molecule has 0 spiro atoms. The lowest BCUT2D eigenvalue weighted by atomic mass is 9.76. The molecule has 0 atom stereocenters. The van der Waals surface area contributed by atoms with E-state index in [1.807, 2.05) is 194 Å². The number of hydrogen-bond acceptors (Lipinski definition) is 2. The van der Waals surface area contributed by atoms with Gasteiger partial charge in [0.25, 0.3) is 0 Å². The van der Waals surface area contributed by atoms with Crippen LogP contribution in [0.15, 0.2) is 295 Å². The van der Waals surface area contributed by atoms with Crippen LogP contribution in [-0.2, 0) is 0 Å². The van der Waals surface area contributed by atoms with Crippen LogP contribution in [0.4, 0.5) is 0 Å². The van der Waals surface area contributed by atoms with Crippen LogP contribution in [0.1, 0.15) is 21.9 Å². The molecule has 16 rings (SSSR count). The minimum atomic E-state index is -1.44. The molecule has 0 saturated heterocycles. The Morgan fingerprint density at radius 2 is 0.562 bits per heavy atom. The monoisotopic (exact) mass is 1100 g/mol. The lowest BCUT2D eigenvalue weighted by molar-refractivity contribution is 0.426. The summed E-state index contributed by atoms with van der Waals surface area (Å²) in [6.07, 6.45) is 0. The summed E-state index contributed by atoms with van der Waals surface area (Å²) in [4.78, 5) is 0. The fourth-order valence-electron chi connectivity index (χ4n) is 11.5. The van der Waals surface area contributed by atoms with Crippen molar-refractivity contribution >= 4 is 136 Å². The minimum Gasteiger partial charge on any atom is -0.423 e. The fourth-order valence-corrected chi connectivity index (χ4v) is 12.1. The zero-order chi connectivity index (χ0) is 67.6. The van der Waals surface area contributed by atoms with E-state index >= 15 is 0 Å². The highest BCUT2D eigenvalue weighted by Crippen LogP contribution is 2.48. The van der Waals surface area contributed by atoms with Crippen LogP contribution in [0.2, 0.25) is 0 Å². The number of halogens is 1. The lowest BCUT2D eigenvalue weighted by Crippen LogP contribution is -2.30. The summed E-state index contributed by atoms with van der Waals surface area (Å²) in [5.41, 5.74) is 3.51. The molecule has 0 saturated carbocycles. The quantitative estimate of drug-likeness (QED) is 0.105. The van der Waals surface area contributed by atoms with Crippen LogP contribution >= 0.6 is 15.9 Å². The maximum atomic E-state index is 9.44. The first kappa shape index (κ1) is 34.5. The Morgan fingerprint density at radius 1 is 0.263 bits per heavy atom. The second-order valence-electron chi connectivity index (χ2n) is 19.3. The van der Waals surface area contributed by atoms with Crippen LogP contribution in [0.3, 0.4) is 0 Å². The van der Waals surface area contributed by atoms with Crippen molar-refractivity contribution in [3.8, 4) is 33.4 Å². The largest absolute Gasteiger partial charge is 0.489 e. The molecule has 0 aliphatic carbocycles. The minimum absolute atomic E-state index is 0.182. The third-order valence-corrected chi connectivity index (χ3v) is 15.7. The topological polar surface area (TPSA) is 40.5 Å². The van der Waals surface area contributed by atoms with Crippen LogP contribution in [-0.4, -0.2) is 17.2 Å². The Morgan fingerprint density at radius 3 is 1.00 bits per heavy atom. The molecule has 0 aromatic heterocycles. The van der Waals surface area contributed by atoms with Crippen molar-refractivity contribution in [3.63, 3.8) is 0 Å². The van der Waals surface area contributed by atoms with E-state index in [2.05, 4.69) is 15.9 Å². The van der Waals surface area contributed by atoms with E-state index in [9.17, 15) is 15.5 Å². The molecular weight excluding hydrogens is 1040 g/mol. The Labute approximate surface area is 494 Å². The van der Waals surface area contributed by atoms with Crippen LogP contribution in [0.25, 0.3) is 141 Å². The molecule has 0 radical (unpaired) electrons. The Hall–Kier alpha value is -9.42. The van der Waals surface area contributed by atoms with Gasteiger partial charge in [0, 0.05) is 4.47 Å². The summed E-state index contributed by atoms with van der Waals surface area (Å²) < 4.78 is 140. The molecular formula is C76H50BBrO2. The van der Waals surface area contributed by atoms with Crippen molar-refractivity contribution in [2.24, 2.45) is 0 Å². The molecule has 16 aromatic carbocycles. The summed E-state index contributed by atoms with van der Waals surface area (Å²) in [6, 6.07) is 56.3. The molecule has 376 valence electrons. The molecule has 0 heterocycles. The highest BCUT2D eigenvalue weighted by Gasteiger charge is 2.21. The molecule has 2 N–H and O–H groups in total. The van der Waals surface area contributed by atoms with E-state index < -0.39 is 55.5 Å². The summed E-state index contributed by atoms with van der Waals surface area (Å²) in [7, 11) is -1.44. The molecule has 0 aliphatic rings. The zero-order valence-electron chi connectivity index (χ0n) is 58.3. The van der Waals surface area contributed by atoms with Gasteiger partial charge in [0.2, 0.25) is 0 Å². The van der Waals surface area contributed by atoms with Crippen LogP contribution in [0.5, 0.6) is 0 Å². The summed E-state index contributed by atoms with van der Waals surface area (Å²) in [5, 5.41) is 31.7. The molecule has 4 heteroatoms. The number of fused-ring (bicyclic) bond motifs is 12. The van der Waals surface area contributed by atoms with E-state index in [0.29, 0.717) is 38.8 Å². The van der Waals surface area contributed by atoms with Gasteiger partial charge in [-0.1, -0.05) is 285 Å². The van der Waals surface area contributed by atoms with Crippen molar-refractivity contribution in [3.05, 3.63) is 295 Å². The van der Waals surface area contributed by atoms with Crippen molar-refractivity contribution in [2.45, 2.75) is 0 Å². The van der Waals surface area contributed by atoms with Gasteiger partial charge in [0.05, 0.1) is 21.9 Å². The molecule has 80 heavy (non-hydrogen) atoms. The summed E-state index contributed by atoms with van der Waals surface area (Å²) >= 11 is 3.43. The van der Waals surface area contributed by atoms with Gasteiger partial charge in [0.15, 0.2) is 0 Å². The molecule has 0 bridgehead atoms. The Balaban J connectivity index is 0.000000137. The van der Waals surface area contributed by atoms with Gasteiger partial charge in [-0.05, 0) is 169 Å². The number of hydrogen-bond donors (Lipinski definition) is 2. The van der Waals surface area contributed by atoms with Crippen LogP contribution < -0.4 is 5.46 Å². The van der Waals surface area contributed by atoms with Gasteiger partial charge in [-0.15, -0.1) is 0 Å². The zero-order valence-corrected chi connectivity index (χ0v) is 43.9. The first-order valence-electron chi connectivity index (χ1n) is 33.9. The highest BCUT2D eigenvalue weighted by atomic mass is 79.9. The number of benzene rings is 16. The SMILES string of the molecule is OB(O)c1cc2ccccc2c2ccccc12.[2H]c1c([2H])c([2H])c2c(-c3cc4ccccc4c4ccccc34)c3c([2H])c([2H])c([2H])c([2H])c3c(-c3cccc4ccccc34)c2c1[2H].[2H]c1c([2H])c([2H])c2c(-c3cccc4ccccc34)c3c([2H])c([2H])c([2H])c([2H])c3c(Br)c2c1[2H]. The van der Waals surface area contributed by atoms with Gasteiger partial charge in [-0.3, -0.25) is 0 Å². The predicted octanol–water partition coefficient (Wildman–Crippen LogP) is 20.0. The first-order chi connectivity index (χ1) is 46.1. The maximum Gasteiger partial charge on any atom is 0.489 e. The molecule has 0 fully saturated rings. The van der Waals surface area contributed by atoms with Crippen molar-refractivity contribution < 1.29 is 32.0 Å². The van der Waals surface area contributed by atoms with Crippen molar-refractivity contribution in [2.75, 3.05) is 0 Å². The van der Waals surface area contributed by atoms with E-state index in [1.54, 1.807) is 0 Å². The fraction of sp³-hybridized carbons (Fsp3) is 0. The first-order valence-corrected chi connectivity index (χ1v) is 26.6. The van der Waals surface area contributed by atoms with Crippen molar-refractivity contribution in [1.82, 2.24) is 0 Å². The normalized spacial score (nSPS) is 14.2. The number of rotatable bonds is 4. The summed E-state index contributed by atoms with van der Waals surface area (Å²) in [5.74, 6) is 0. The average Bonchev–Trinajstić information content (AvgIpc) is 0.704. The predicted molar refractivity (Wildman–Crippen MR) is 348 cm³/mol. The molecule has 0 unspecified atom stereocenters. The van der Waals surface area contributed by atoms with E-state index in [-0.39, 0.29) is 95.9 Å². The van der Waals surface area contributed by atoms with E-state index in [4.69, 9.17) is 16.4 Å². The van der Waals surface area contributed by atoms with Gasteiger partial charge >= 0.3 is 7.12 Å². The van der Waals surface area contributed by atoms with Crippen molar-refractivity contribution in [1.29, 1.82) is 0 Å². The van der Waals surface area contributed by atoms with Crippen LogP contribution in [0, 0.1) is 0 Å². The van der Waals surface area contributed by atoms with E-state index in [1.165, 1.54) is 0 Å². The van der Waals surface area contributed by atoms with Gasteiger partial charge < -0.3 is 10.0 Å². The van der Waals surface area contributed by atoms with E-state index in [0.717, 1.165) is 64.6 Å². The maximum absolute atomic E-state index is 9.44.